The van der Waals surface area contributed by atoms with Crippen molar-refractivity contribution in [1.29, 1.82) is 0 Å². The molecule has 0 aromatic heterocycles. The zero-order valence-corrected chi connectivity index (χ0v) is 15.6. The normalized spacial score (nSPS) is 29.5. The van der Waals surface area contributed by atoms with Crippen LogP contribution < -0.4 is 0 Å². The van der Waals surface area contributed by atoms with Crippen LogP contribution in [0.4, 0.5) is 0 Å². The molecule has 0 radical (unpaired) electrons. The third-order valence-corrected chi connectivity index (χ3v) is 5.67. The Labute approximate surface area is 160 Å². The lowest BCUT2D eigenvalue weighted by molar-refractivity contribution is -0.114. The molecule has 0 aliphatic heterocycles. The molecule has 1 saturated carbocycles. The van der Waals surface area contributed by atoms with E-state index >= 15 is 0 Å². The van der Waals surface area contributed by atoms with Gasteiger partial charge in [-0.3, -0.25) is 4.55 Å². The largest absolute Gasteiger partial charge is 0.508 e. The topological polar surface area (TPSA) is 177 Å². The van der Waals surface area contributed by atoms with Crippen molar-refractivity contribution >= 4 is 27.2 Å². The average molecular weight is 423 g/mol. The fourth-order valence-electron chi connectivity index (χ4n) is 2.73. The molecule has 5 atom stereocenters. The minimum Gasteiger partial charge on any atom is -0.508 e. The van der Waals surface area contributed by atoms with Gasteiger partial charge in [0.15, 0.2) is 0 Å². The molecule has 2 rings (SSSR count). The summed E-state index contributed by atoms with van der Waals surface area (Å²) in [5.74, 6) is -0.650. The van der Waals surface area contributed by atoms with Crippen molar-refractivity contribution in [2.45, 2.75) is 36.4 Å². The third-order valence-electron chi connectivity index (χ3n) is 4.15. The number of phenolic OH excluding ortho intramolecular Hbond substituents is 1. The maximum atomic E-state index is 10.8. The molecule has 1 aromatic rings. The van der Waals surface area contributed by atoms with Gasteiger partial charge in [0.05, 0.1) is 12.2 Å². The van der Waals surface area contributed by atoms with Gasteiger partial charge in [0.1, 0.15) is 16.9 Å². The molecule has 27 heavy (non-hydrogen) atoms. The van der Waals surface area contributed by atoms with Crippen LogP contribution >= 0.6 is 11.8 Å². The van der Waals surface area contributed by atoms with E-state index in [9.17, 15) is 34.0 Å². The first-order valence-electron chi connectivity index (χ1n) is 7.93. The molecular weight excluding hydrogens is 402 g/mol. The van der Waals surface area contributed by atoms with Crippen molar-refractivity contribution in [2.24, 2.45) is 11.1 Å². The van der Waals surface area contributed by atoms with Gasteiger partial charge in [-0.05, 0) is 24.1 Å². The van der Waals surface area contributed by atoms with Crippen molar-refractivity contribution in [1.82, 2.24) is 0 Å². The number of oxime groups is 1. The maximum absolute atomic E-state index is 10.8. The van der Waals surface area contributed by atoms with Gasteiger partial charge in [-0.1, -0.05) is 17.3 Å². The molecule has 12 heteroatoms. The summed E-state index contributed by atoms with van der Waals surface area (Å²) in [5.41, 5.74) is 0.627. The SMILES string of the molecule is O=S(=O)(O)O/N=C(\Cc1ccc(O)cc1)S[C@@H]1CC(CO)[C@@H](O)C(O)C1O. The molecule has 152 valence electrons. The molecule has 10 nitrogen and oxygen atoms in total. The Morgan fingerprint density at radius 1 is 1.15 bits per heavy atom. The number of hydrogen-bond acceptors (Lipinski definition) is 10. The van der Waals surface area contributed by atoms with Gasteiger partial charge < -0.3 is 25.5 Å². The second-order valence-electron chi connectivity index (χ2n) is 6.14. The molecule has 0 saturated heterocycles. The predicted octanol–water partition coefficient (Wildman–Crippen LogP) is -0.736. The number of benzene rings is 1. The second kappa shape index (κ2) is 9.19. The summed E-state index contributed by atoms with van der Waals surface area (Å²) >= 11 is 0.893. The van der Waals surface area contributed by atoms with E-state index < -0.39 is 46.5 Å². The van der Waals surface area contributed by atoms with E-state index in [2.05, 4.69) is 9.44 Å². The highest BCUT2D eigenvalue weighted by Gasteiger charge is 2.43. The lowest BCUT2D eigenvalue weighted by atomic mass is 9.83. The Hall–Kier alpha value is -1.41. The van der Waals surface area contributed by atoms with Crippen LogP contribution in [0.25, 0.3) is 0 Å². The first-order valence-corrected chi connectivity index (χ1v) is 10.2. The summed E-state index contributed by atoms with van der Waals surface area (Å²) in [7, 11) is -4.84. The number of aliphatic hydroxyl groups is 4. The van der Waals surface area contributed by atoms with E-state index in [1.54, 1.807) is 12.1 Å². The highest BCUT2D eigenvalue weighted by molar-refractivity contribution is 8.14. The molecule has 1 fully saturated rings. The number of thioether (sulfide) groups is 1. The van der Waals surface area contributed by atoms with E-state index in [-0.39, 0.29) is 23.6 Å². The number of nitrogens with zero attached hydrogens (tertiary/aromatic N) is 1. The minimum atomic E-state index is -4.84. The van der Waals surface area contributed by atoms with Crippen LogP contribution in [-0.4, -0.2) is 73.7 Å². The number of aromatic hydroxyl groups is 1. The molecule has 1 aromatic carbocycles. The van der Waals surface area contributed by atoms with Gasteiger partial charge in [0, 0.05) is 24.2 Å². The summed E-state index contributed by atoms with van der Waals surface area (Å²) in [5, 5.41) is 51.4. The first kappa shape index (κ1) is 21.9. The zero-order valence-electron chi connectivity index (χ0n) is 14.0. The van der Waals surface area contributed by atoms with Crippen LogP contribution in [0.2, 0.25) is 0 Å². The summed E-state index contributed by atoms with van der Waals surface area (Å²) in [6.45, 7) is -0.409. The Morgan fingerprint density at radius 2 is 1.78 bits per heavy atom. The summed E-state index contributed by atoms with van der Waals surface area (Å²) in [6.07, 6.45) is -3.98. The van der Waals surface area contributed by atoms with Gasteiger partial charge in [-0.25, -0.2) is 4.28 Å². The van der Waals surface area contributed by atoms with Crippen LogP contribution in [0.3, 0.4) is 0 Å². The Bertz CT molecular complexity index is 751. The van der Waals surface area contributed by atoms with Crippen molar-refractivity contribution in [3.63, 3.8) is 0 Å². The molecule has 0 heterocycles. The van der Waals surface area contributed by atoms with Crippen molar-refractivity contribution in [3.05, 3.63) is 29.8 Å². The molecule has 6 N–H and O–H groups in total. The standard InChI is InChI=1S/C15H21NO9S2/c17-7-9-6-11(14(20)15(21)13(9)19)26-12(16-25-27(22,23)24)5-8-1-3-10(18)4-2-8/h1-4,9,11,13-15,17-21H,5-7H2,(H,22,23,24)/b16-12+/t9?,11-,13-,14?,15?/m1/s1. The molecule has 1 aliphatic rings. The van der Waals surface area contributed by atoms with Crippen molar-refractivity contribution < 1.29 is 42.8 Å². The number of phenols is 1. The van der Waals surface area contributed by atoms with Gasteiger partial charge in [-0.2, -0.15) is 8.42 Å². The van der Waals surface area contributed by atoms with Crippen LogP contribution in [0.5, 0.6) is 5.75 Å². The van der Waals surface area contributed by atoms with E-state index in [0.29, 0.717) is 5.56 Å². The molecule has 0 bridgehead atoms. The zero-order chi connectivity index (χ0) is 20.2. The summed E-state index contributed by atoms with van der Waals surface area (Å²) < 4.78 is 34.4. The predicted molar refractivity (Wildman–Crippen MR) is 96.5 cm³/mol. The molecule has 0 spiro atoms. The average Bonchev–Trinajstić information content (AvgIpc) is 2.61. The number of rotatable bonds is 6. The Morgan fingerprint density at radius 3 is 2.33 bits per heavy atom. The van der Waals surface area contributed by atoms with Gasteiger partial charge >= 0.3 is 10.4 Å². The maximum Gasteiger partial charge on any atom is 0.466 e. The fraction of sp³-hybridized carbons (Fsp3) is 0.533. The highest BCUT2D eigenvalue weighted by atomic mass is 32.3. The Kier molecular flexibility index (Phi) is 7.45. The van der Waals surface area contributed by atoms with Crippen LogP contribution in [-0.2, 0) is 21.1 Å². The van der Waals surface area contributed by atoms with Gasteiger partial charge in [-0.15, -0.1) is 11.8 Å². The van der Waals surface area contributed by atoms with E-state index in [1.807, 2.05) is 0 Å². The smallest absolute Gasteiger partial charge is 0.466 e. The molecular formula is C15H21NO9S2. The molecule has 1 aliphatic carbocycles. The van der Waals surface area contributed by atoms with Crippen LogP contribution in [0.15, 0.2) is 29.4 Å². The first-order chi connectivity index (χ1) is 12.6. The van der Waals surface area contributed by atoms with Gasteiger partial charge in [0.25, 0.3) is 0 Å². The molecule has 0 amide bonds. The monoisotopic (exact) mass is 423 g/mol. The highest BCUT2D eigenvalue weighted by Crippen LogP contribution is 2.34. The van der Waals surface area contributed by atoms with E-state index in [4.69, 9.17) is 4.55 Å². The van der Waals surface area contributed by atoms with Gasteiger partial charge in [0.2, 0.25) is 0 Å². The summed E-state index contributed by atoms with van der Waals surface area (Å²) in [6, 6.07) is 5.95. The third kappa shape index (κ3) is 6.31. The summed E-state index contributed by atoms with van der Waals surface area (Å²) in [4.78, 5) is 0. The quantitative estimate of drug-likeness (QED) is 0.148. The van der Waals surface area contributed by atoms with Crippen molar-refractivity contribution in [2.75, 3.05) is 6.61 Å². The Balaban J connectivity index is 2.20. The van der Waals surface area contributed by atoms with Crippen LogP contribution in [0, 0.1) is 5.92 Å². The minimum absolute atomic E-state index is 0.0321. The lowest BCUT2D eigenvalue weighted by Gasteiger charge is -2.39. The van der Waals surface area contributed by atoms with Crippen LogP contribution in [0.1, 0.15) is 12.0 Å². The second-order valence-corrected chi connectivity index (χ2v) is 8.45. The van der Waals surface area contributed by atoms with E-state index in [1.165, 1.54) is 12.1 Å². The lowest BCUT2D eigenvalue weighted by Crippen LogP contribution is -2.53. The molecule has 3 unspecified atom stereocenters. The van der Waals surface area contributed by atoms with E-state index in [0.717, 1.165) is 11.8 Å². The number of aliphatic hydroxyl groups excluding tert-OH is 4. The van der Waals surface area contributed by atoms with Crippen molar-refractivity contribution in [3.8, 4) is 5.75 Å². The fourth-order valence-corrected chi connectivity index (χ4v) is 4.28. The number of hydrogen-bond donors (Lipinski definition) is 6.